The van der Waals surface area contributed by atoms with E-state index >= 15 is 0 Å². The van der Waals surface area contributed by atoms with E-state index in [1.54, 1.807) is 60.7 Å². The highest BCUT2D eigenvalue weighted by Crippen LogP contribution is 2.34. The van der Waals surface area contributed by atoms with Gasteiger partial charge in [0, 0.05) is 16.1 Å². The number of nitro benzene ring substituents is 1. The van der Waals surface area contributed by atoms with Gasteiger partial charge in [0.25, 0.3) is 16.8 Å². The van der Waals surface area contributed by atoms with Crippen LogP contribution >= 0.6 is 27.7 Å². The number of hydrogen-bond acceptors (Lipinski definition) is 7. The molecule has 1 heterocycles. The van der Waals surface area contributed by atoms with Gasteiger partial charge >= 0.3 is 5.97 Å². The Morgan fingerprint density at radius 2 is 1.71 bits per heavy atom. The first-order valence-electron chi connectivity index (χ1n) is 9.87. The Kier molecular flexibility index (Phi) is 6.90. The van der Waals surface area contributed by atoms with Crippen molar-refractivity contribution in [2.24, 2.45) is 0 Å². The number of nitrogens with zero attached hydrogens (tertiary/aromatic N) is 2. The molecule has 0 aromatic heterocycles. The molecule has 0 saturated carbocycles. The average Bonchev–Trinajstić information content (AvgIpc) is 3.08. The third-order valence-electron chi connectivity index (χ3n) is 4.86. The second-order valence-electron chi connectivity index (χ2n) is 7.12. The average molecular weight is 539 g/mol. The molecule has 0 unspecified atom stereocenters. The van der Waals surface area contributed by atoms with Gasteiger partial charge in [-0.1, -0.05) is 46.3 Å². The minimum atomic E-state index is -0.546. The first-order valence-corrected chi connectivity index (χ1v) is 11.5. The number of amides is 2. The minimum absolute atomic E-state index is 0.154. The number of halogens is 1. The van der Waals surface area contributed by atoms with Crippen LogP contribution in [-0.2, 0) is 11.3 Å². The summed E-state index contributed by atoms with van der Waals surface area (Å²) >= 11 is 4.07. The third kappa shape index (κ3) is 5.24. The van der Waals surface area contributed by atoms with Crippen LogP contribution in [0.3, 0.4) is 0 Å². The Balaban J connectivity index is 1.45. The summed E-state index contributed by atoms with van der Waals surface area (Å²) in [5, 5.41) is 10.7. The molecule has 4 rings (SSSR count). The fourth-order valence-corrected chi connectivity index (χ4v) is 4.27. The number of nitro groups is 1. The smallest absolute Gasteiger partial charge is 0.343 e. The first-order chi connectivity index (χ1) is 16.3. The van der Waals surface area contributed by atoms with Crippen LogP contribution in [0.4, 0.5) is 10.5 Å². The second kappa shape index (κ2) is 10.0. The molecule has 8 nitrogen and oxygen atoms in total. The van der Waals surface area contributed by atoms with Crippen molar-refractivity contribution >= 4 is 56.6 Å². The first kappa shape index (κ1) is 23.4. The van der Waals surface area contributed by atoms with Crippen LogP contribution < -0.4 is 4.74 Å². The molecule has 1 saturated heterocycles. The lowest BCUT2D eigenvalue weighted by molar-refractivity contribution is -0.385. The largest absolute Gasteiger partial charge is 0.423 e. The Morgan fingerprint density at radius 3 is 2.38 bits per heavy atom. The summed E-state index contributed by atoms with van der Waals surface area (Å²) in [7, 11) is 0. The summed E-state index contributed by atoms with van der Waals surface area (Å²) in [5.74, 6) is -0.704. The van der Waals surface area contributed by atoms with Crippen molar-refractivity contribution in [2.45, 2.75) is 6.54 Å². The predicted octanol–water partition coefficient (Wildman–Crippen LogP) is 5.81. The molecule has 2 amide bonds. The summed E-state index contributed by atoms with van der Waals surface area (Å²) in [6.07, 6.45) is 1.55. The van der Waals surface area contributed by atoms with Crippen LogP contribution in [-0.4, -0.2) is 26.9 Å². The monoisotopic (exact) mass is 538 g/mol. The summed E-state index contributed by atoms with van der Waals surface area (Å²) in [6, 6.07) is 19.2. The van der Waals surface area contributed by atoms with Crippen LogP contribution in [0.2, 0.25) is 0 Å². The van der Waals surface area contributed by atoms with Crippen LogP contribution in [0.25, 0.3) is 6.08 Å². The van der Waals surface area contributed by atoms with Crippen LogP contribution in [0.1, 0.15) is 21.5 Å². The maximum absolute atomic E-state index is 12.8. The number of benzene rings is 3. The van der Waals surface area contributed by atoms with Gasteiger partial charge in [-0.3, -0.25) is 24.6 Å². The summed E-state index contributed by atoms with van der Waals surface area (Å²) in [6.45, 7) is -0.190. The zero-order valence-corrected chi connectivity index (χ0v) is 19.7. The van der Waals surface area contributed by atoms with E-state index < -0.39 is 22.0 Å². The van der Waals surface area contributed by atoms with Crippen molar-refractivity contribution in [1.29, 1.82) is 0 Å². The number of rotatable bonds is 6. The van der Waals surface area contributed by atoms with E-state index in [0.717, 1.165) is 21.1 Å². The number of carbonyl (C=O) groups is 3. The van der Waals surface area contributed by atoms with Gasteiger partial charge in [-0.25, -0.2) is 4.79 Å². The van der Waals surface area contributed by atoms with Crippen molar-refractivity contribution in [3.8, 4) is 5.75 Å². The lowest BCUT2D eigenvalue weighted by atomic mass is 10.1. The third-order valence-corrected chi connectivity index (χ3v) is 6.29. The summed E-state index contributed by atoms with van der Waals surface area (Å²) in [5.41, 5.74) is 1.14. The van der Waals surface area contributed by atoms with Crippen molar-refractivity contribution in [2.75, 3.05) is 0 Å². The number of esters is 1. The highest BCUT2D eigenvalue weighted by Gasteiger charge is 2.36. The van der Waals surface area contributed by atoms with Gasteiger partial charge in [-0.15, -0.1) is 0 Å². The van der Waals surface area contributed by atoms with Crippen molar-refractivity contribution < 1.29 is 24.0 Å². The molecule has 0 atom stereocenters. The minimum Gasteiger partial charge on any atom is -0.423 e. The maximum atomic E-state index is 12.8. The van der Waals surface area contributed by atoms with Crippen LogP contribution in [0.15, 0.2) is 82.2 Å². The van der Waals surface area contributed by atoms with Crippen LogP contribution in [0.5, 0.6) is 5.75 Å². The molecule has 34 heavy (non-hydrogen) atoms. The molecule has 170 valence electrons. The lowest BCUT2D eigenvalue weighted by Gasteiger charge is -2.12. The van der Waals surface area contributed by atoms with Gasteiger partial charge in [-0.05, 0) is 59.8 Å². The van der Waals surface area contributed by atoms with Crippen molar-refractivity contribution in [1.82, 2.24) is 4.90 Å². The molecule has 0 radical (unpaired) electrons. The molecule has 3 aromatic carbocycles. The molecule has 1 fully saturated rings. The maximum Gasteiger partial charge on any atom is 0.343 e. The summed E-state index contributed by atoms with van der Waals surface area (Å²) < 4.78 is 6.20. The Hall–Kier alpha value is -3.76. The normalized spacial score (nSPS) is 14.5. The number of para-hydroxylation sites is 1. The quantitative estimate of drug-likeness (QED) is 0.128. The molecule has 3 aromatic rings. The van der Waals surface area contributed by atoms with Crippen molar-refractivity contribution in [3.05, 3.63) is 109 Å². The Bertz CT molecular complexity index is 1320. The Labute approximate surface area is 206 Å². The fourth-order valence-electron chi connectivity index (χ4n) is 3.16. The van der Waals surface area contributed by atoms with Gasteiger partial charge in [0.2, 0.25) is 0 Å². The highest BCUT2D eigenvalue weighted by molar-refractivity contribution is 9.10. The number of imide groups is 1. The van der Waals surface area contributed by atoms with Gasteiger partial charge in [0.15, 0.2) is 0 Å². The van der Waals surface area contributed by atoms with Gasteiger partial charge in [-0.2, -0.15) is 0 Å². The zero-order valence-electron chi connectivity index (χ0n) is 17.3. The number of hydrogen-bond donors (Lipinski definition) is 0. The molecule has 0 N–H and O–H groups in total. The molecule has 1 aliphatic rings. The fraction of sp³-hybridized carbons (Fsp3) is 0.0417. The van der Waals surface area contributed by atoms with E-state index in [2.05, 4.69) is 15.9 Å². The van der Waals surface area contributed by atoms with Gasteiger partial charge in [0.1, 0.15) is 5.75 Å². The molecular formula is C24H15BrN2O6S. The van der Waals surface area contributed by atoms with Crippen molar-refractivity contribution in [3.63, 3.8) is 0 Å². The van der Waals surface area contributed by atoms with Crippen LogP contribution in [0, 0.1) is 10.1 Å². The van der Waals surface area contributed by atoms with E-state index in [-0.39, 0.29) is 22.7 Å². The van der Waals surface area contributed by atoms with E-state index in [1.807, 2.05) is 0 Å². The molecule has 0 aliphatic carbocycles. The topological polar surface area (TPSA) is 107 Å². The van der Waals surface area contributed by atoms with E-state index in [0.29, 0.717) is 16.9 Å². The number of thioether (sulfide) groups is 1. The SMILES string of the molecule is O=C(Oc1ccc(/C=C2\SC(=O)N(Cc3ccccc3[N+](=O)[O-])C2=O)cc1)c1ccc(Br)cc1. The van der Waals surface area contributed by atoms with E-state index in [1.165, 1.54) is 18.2 Å². The molecule has 0 bridgehead atoms. The Morgan fingerprint density at radius 1 is 1.03 bits per heavy atom. The molecule has 0 spiro atoms. The highest BCUT2D eigenvalue weighted by atomic mass is 79.9. The van der Waals surface area contributed by atoms with E-state index in [4.69, 9.17) is 4.74 Å². The van der Waals surface area contributed by atoms with Gasteiger partial charge < -0.3 is 4.74 Å². The predicted molar refractivity (Wildman–Crippen MR) is 130 cm³/mol. The van der Waals surface area contributed by atoms with E-state index in [9.17, 15) is 24.5 Å². The number of ether oxygens (including phenoxy) is 1. The molecule has 1 aliphatic heterocycles. The zero-order chi connectivity index (χ0) is 24.2. The molecular weight excluding hydrogens is 524 g/mol. The lowest BCUT2D eigenvalue weighted by Crippen LogP contribution is -2.27. The second-order valence-corrected chi connectivity index (χ2v) is 9.03. The summed E-state index contributed by atoms with van der Waals surface area (Å²) in [4.78, 5) is 49.3. The number of carbonyl (C=O) groups excluding carboxylic acids is 3. The standard InChI is InChI=1S/C24H15BrN2O6S/c25-18-9-7-16(8-10-18)23(29)33-19-11-5-15(6-12-19)13-21-22(28)26(24(30)34-21)14-17-3-1-2-4-20(17)27(31)32/h1-13H,14H2/b21-13-. The molecule has 10 heteroatoms. The van der Waals surface area contributed by atoms with Gasteiger partial charge in [0.05, 0.1) is 21.9 Å².